The van der Waals surface area contributed by atoms with E-state index in [2.05, 4.69) is 13.6 Å². The van der Waals surface area contributed by atoms with Crippen LogP contribution in [0.15, 0.2) is 0 Å². The highest BCUT2D eigenvalue weighted by Gasteiger charge is 2.62. The van der Waals surface area contributed by atoms with Gasteiger partial charge in [0.05, 0.1) is 13.2 Å². The molecule has 0 aromatic carbocycles. The molecular formula is C10H18F5O4P. The van der Waals surface area contributed by atoms with Gasteiger partial charge in [0.15, 0.2) is 6.67 Å². The molecule has 4 nitrogen and oxygen atoms in total. The van der Waals surface area contributed by atoms with Crippen molar-refractivity contribution in [1.82, 2.24) is 0 Å². The molecule has 0 saturated carbocycles. The van der Waals surface area contributed by atoms with Gasteiger partial charge in [-0.15, -0.1) is 0 Å². The van der Waals surface area contributed by atoms with Crippen LogP contribution in [-0.4, -0.2) is 31.9 Å². The second-order valence-electron chi connectivity index (χ2n) is 3.91. The smallest absolute Gasteiger partial charge is 0.287 e. The molecule has 0 rings (SSSR count). The minimum atomic E-state index is -5.29. The van der Waals surface area contributed by atoms with Gasteiger partial charge in [0.25, 0.3) is 0 Å². The minimum absolute atomic E-state index is 0.269. The maximum absolute atomic E-state index is 13.1. The van der Waals surface area contributed by atoms with E-state index in [4.69, 9.17) is 0 Å². The Morgan fingerprint density at radius 1 is 1.00 bits per heavy atom. The summed E-state index contributed by atoms with van der Waals surface area (Å²) in [5, 5.41) is 0. The van der Waals surface area contributed by atoms with Crippen molar-refractivity contribution < 1.29 is 40.1 Å². The van der Waals surface area contributed by atoms with Crippen LogP contribution >= 0.6 is 7.82 Å². The van der Waals surface area contributed by atoms with Crippen LogP contribution in [-0.2, 0) is 18.1 Å². The number of hydrogen-bond donors (Lipinski definition) is 0. The van der Waals surface area contributed by atoms with Crippen molar-refractivity contribution in [1.29, 1.82) is 0 Å². The molecule has 0 aliphatic carbocycles. The highest BCUT2D eigenvalue weighted by atomic mass is 31.2. The Labute approximate surface area is 114 Å². The number of unbranched alkanes of at least 4 members (excludes halogenated alkanes) is 1. The molecule has 1 unspecified atom stereocenters. The summed E-state index contributed by atoms with van der Waals surface area (Å²) >= 11 is 0. The minimum Gasteiger partial charge on any atom is -0.287 e. The average Bonchev–Trinajstić information content (AvgIpc) is 2.36. The van der Waals surface area contributed by atoms with Crippen LogP contribution in [0, 0.1) is 0 Å². The lowest BCUT2D eigenvalue weighted by atomic mass is 10.3. The maximum atomic E-state index is 13.1. The summed E-state index contributed by atoms with van der Waals surface area (Å²) in [6.45, 7) is 0.0940. The third-order valence-electron chi connectivity index (χ3n) is 2.02. The molecule has 0 bridgehead atoms. The number of alkyl halides is 5. The third-order valence-corrected chi connectivity index (χ3v) is 3.47. The van der Waals surface area contributed by atoms with Crippen molar-refractivity contribution in [3.8, 4) is 0 Å². The molecule has 0 radical (unpaired) electrons. The molecule has 0 amide bonds. The lowest BCUT2D eigenvalue weighted by molar-refractivity contribution is -0.318. The Kier molecular flexibility index (Phi) is 8.16. The van der Waals surface area contributed by atoms with Crippen molar-refractivity contribution in [2.75, 3.05) is 19.9 Å². The second-order valence-corrected chi connectivity index (χ2v) is 5.51. The summed E-state index contributed by atoms with van der Waals surface area (Å²) in [4.78, 5) is 0. The summed E-state index contributed by atoms with van der Waals surface area (Å²) < 4.78 is 87.8. The van der Waals surface area contributed by atoms with Crippen LogP contribution in [0.5, 0.6) is 0 Å². The standard InChI is InChI=1S/C10H18F5O4P/c1-3-5-7-18-20(16,17-6-4-2)19-10(14,15)9(12,13)8-11/h3-8H2,1-2H3. The fraction of sp³-hybridized carbons (Fsp3) is 1.00. The largest absolute Gasteiger partial charge is 0.479 e. The molecule has 0 heterocycles. The monoisotopic (exact) mass is 328 g/mol. The van der Waals surface area contributed by atoms with Crippen molar-refractivity contribution in [3.63, 3.8) is 0 Å². The third kappa shape index (κ3) is 6.03. The van der Waals surface area contributed by atoms with Crippen LogP contribution in [0.1, 0.15) is 33.1 Å². The average molecular weight is 328 g/mol. The summed E-state index contributed by atoms with van der Waals surface area (Å²) in [7, 11) is -4.89. The van der Waals surface area contributed by atoms with E-state index in [1.54, 1.807) is 13.8 Å². The molecule has 10 heteroatoms. The number of phosphoric acid groups is 1. The first-order valence-corrected chi connectivity index (χ1v) is 7.51. The molecule has 0 aromatic heterocycles. The molecular weight excluding hydrogens is 310 g/mol. The summed E-state index contributed by atoms with van der Waals surface area (Å²) in [5.41, 5.74) is 0. The molecule has 20 heavy (non-hydrogen) atoms. The molecule has 0 aliphatic rings. The predicted octanol–water partition coefficient (Wildman–Crippen LogP) is 4.55. The molecule has 122 valence electrons. The van der Waals surface area contributed by atoms with E-state index in [1.807, 2.05) is 0 Å². The lowest BCUT2D eigenvalue weighted by Crippen LogP contribution is -2.44. The Balaban J connectivity index is 4.91. The van der Waals surface area contributed by atoms with E-state index in [-0.39, 0.29) is 19.6 Å². The van der Waals surface area contributed by atoms with Gasteiger partial charge in [0.1, 0.15) is 0 Å². The Bertz CT molecular complexity index is 327. The summed E-state index contributed by atoms with van der Waals surface area (Å²) in [6.07, 6.45) is -4.09. The van der Waals surface area contributed by atoms with Crippen LogP contribution < -0.4 is 0 Å². The summed E-state index contributed by atoms with van der Waals surface area (Å²) in [5.74, 6) is -5.12. The van der Waals surface area contributed by atoms with Gasteiger partial charge in [-0.3, -0.25) is 9.05 Å². The Morgan fingerprint density at radius 2 is 1.55 bits per heavy atom. The van der Waals surface area contributed by atoms with Gasteiger partial charge < -0.3 is 0 Å². The topological polar surface area (TPSA) is 44.8 Å². The molecule has 0 N–H and O–H groups in total. The zero-order valence-corrected chi connectivity index (χ0v) is 12.1. The second kappa shape index (κ2) is 8.26. The highest BCUT2D eigenvalue weighted by molar-refractivity contribution is 7.48. The van der Waals surface area contributed by atoms with Gasteiger partial charge in [-0.2, -0.15) is 17.6 Å². The number of halogens is 5. The fourth-order valence-corrected chi connectivity index (χ4v) is 2.25. The van der Waals surface area contributed by atoms with Gasteiger partial charge in [-0.25, -0.2) is 13.5 Å². The predicted molar refractivity (Wildman–Crippen MR) is 61.7 cm³/mol. The number of rotatable bonds is 11. The van der Waals surface area contributed by atoms with Crippen molar-refractivity contribution in [3.05, 3.63) is 0 Å². The van der Waals surface area contributed by atoms with Crippen LogP contribution in [0.3, 0.4) is 0 Å². The first-order valence-electron chi connectivity index (χ1n) is 6.05. The van der Waals surface area contributed by atoms with E-state index >= 15 is 0 Å². The first kappa shape index (κ1) is 19.8. The molecule has 0 aromatic rings. The van der Waals surface area contributed by atoms with E-state index in [1.165, 1.54) is 0 Å². The van der Waals surface area contributed by atoms with E-state index in [0.717, 1.165) is 0 Å². The number of phosphoric ester groups is 1. The Hall–Kier alpha value is -0.240. The highest BCUT2D eigenvalue weighted by Crippen LogP contribution is 2.56. The normalized spacial score (nSPS) is 16.1. The van der Waals surface area contributed by atoms with Gasteiger partial charge in [0, 0.05) is 0 Å². The molecule has 0 fully saturated rings. The molecule has 1 atom stereocenters. The van der Waals surface area contributed by atoms with Gasteiger partial charge in [-0.1, -0.05) is 20.3 Å². The maximum Gasteiger partial charge on any atom is 0.479 e. The first-order chi connectivity index (χ1) is 9.14. The van der Waals surface area contributed by atoms with Crippen LogP contribution in [0.2, 0.25) is 0 Å². The van der Waals surface area contributed by atoms with Gasteiger partial charge >= 0.3 is 19.9 Å². The number of hydrogen-bond acceptors (Lipinski definition) is 4. The zero-order valence-electron chi connectivity index (χ0n) is 11.2. The SMILES string of the molecule is CCCCOP(=O)(OCCC)OC(F)(F)C(F)(F)CF. The van der Waals surface area contributed by atoms with E-state index in [9.17, 15) is 26.5 Å². The quantitative estimate of drug-likeness (QED) is 0.317. The van der Waals surface area contributed by atoms with E-state index < -0.39 is 26.5 Å². The lowest BCUT2D eigenvalue weighted by Gasteiger charge is -2.27. The molecule has 0 aliphatic heterocycles. The van der Waals surface area contributed by atoms with Crippen molar-refractivity contribution in [2.24, 2.45) is 0 Å². The summed E-state index contributed by atoms with van der Waals surface area (Å²) in [6, 6.07) is 0. The van der Waals surface area contributed by atoms with Crippen molar-refractivity contribution >= 4 is 7.82 Å². The molecule has 0 saturated heterocycles. The van der Waals surface area contributed by atoms with E-state index in [0.29, 0.717) is 12.8 Å². The fourth-order valence-electron chi connectivity index (χ4n) is 0.899. The van der Waals surface area contributed by atoms with Gasteiger partial charge in [0.2, 0.25) is 0 Å². The van der Waals surface area contributed by atoms with Gasteiger partial charge in [-0.05, 0) is 12.8 Å². The van der Waals surface area contributed by atoms with Crippen LogP contribution in [0.4, 0.5) is 22.0 Å². The van der Waals surface area contributed by atoms with Crippen LogP contribution in [0.25, 0.3) is 0 Å². The molecule has 0 spiro atoms. The Morgan fingerprint density at radius 3 is 2.00 bits per heavy atom. The van der Waals surface area contributed by atoms with Crippen molar-refractivity contribution in [2.45, 2.75) is 45.1 Å². The zero-order chi connectivity index (χ0) is 15.9.